The highest BCUT2D eigenvalue weighted by Crippen LogP contribution is 2.32. The fraction of sp³-hybridized carbons (Fsp3) is 0.200. The van der Waals surface area contributed by atoms with Gasteiger partial charge >= 0.3 is 0 Å². The van der Waals surface area contributed by atoms with Crippen LogP contribution in [0.25, 0.3) is 0 Å². The number of nitrogens with two attached hydrogens (primary N) is 1. The highest BCUT2D eigenvalue weighted by Gasteiger charge is 2.19. The van der Waals surface area contributed by atoms with Crippen LogP contribution < -0.4 is 10.5 Å². The lowest BCUT2D eigenvalue weighted by Crippen LogP contribution is -2.29. The van der Waals surface area contributed by atoms with Gasteiger partial charge in [-0.05, 0) is 30.7 Å². The van der Waals surface area contributed by atoms with Crippen LogP contribution in [0.1, 0.15) is 18.6 Å². The van der Waals surface area contributed by atoms with Crippen molar-refractivity contribution in [2.75, 3.05) is 0 Å². The number of hydrogen-bond acceptors (Lipinski definition) is 2. The molecule has 2 aromatic rings. The first-order chi connectivity index (χ1) is 9.08. The summed E-state index contributed by atoms with van der Waals surface area (Å²) in [4.78, 5) is 0. The molecular weight excluding hydrogens is 326 g/mol. The summed E-state index contributed by atoms with van der Waals surface area (Å²) in [6, 6.07) is 15.3. The molecular formula is C15H15BrClNO. The van der Waals surface area contributed by atoms with Crippen molar-refractivity contribution in [2.24, 2.45) is 5.73 Å². The molecule has 0 aliphatic heterocycles. The minimum absolute atomic E-state index is 0.137. The molecule has 2 unspecified atom stereocenters. The van der Waals surface area contributed by atoms with E-state index in [-0.39, 0.29) is 12.1 Å². The van der Waals surface area contributed by atoms with Gasteiger partial charge in [-0.25, -0.2) is 0 Å². The van der Waals surface area contributed by atoms with Gasteiger partial charge in [0, 0.05) is 10.5 Å². The quantitative estimate of drug-likeness (QED) is 0.885. The van der Waals surface area contributed by atoms with Gasteiger partial charge in [0.2, 0.25) is 0 Å². The number of hydrogen-bond donors (Lipinski definition) is 1. The number of rotatable bonds is 4. The topological polar surface area (TPSA) is 35.2 Å². The van der Waals surface area contributed by atoms with E-state index in [1.807, 2.05) is 49.4 Å². The Morgan fingerprint density at radius 2 is 1.84 bits per heavy atom. The highest BCUT2D eigenvalue weighted by atomic mass is 79.9. The van der Waals surface area contributed by atoms with Gasteiger partial charge in [0.25, 0.3) is 0 Å². The van der Waals surface area contributed by atoms with Gasteiger partial charge in [0.1, 0.15) is 11.9 Å². The fourth-order valence-corrected chi connectivity index (χ4v) is 2.55. The number of halogens is 2. The maximum atomic E-state index is 6.17. The molecule has 0 bridgehead atoms. The van der Waals surface area contributed by atoms with Gasteiger partial charge < -0.3 is 10.5 Å². The SMILES string of the molecule is CC(N)C(Oc1ccc(Br)cc1Cl)c1ccccc1. The maximum absolute atomic E-state index is 6.17. The molecule has 0 radical (unpaired) electrons. The average Bonchev–Trinajstić information content (AvgIpc) is 2.38. The molecule has 0 amide bonds. The highest BCUT2D eigenvalue weighted by molar-refractivity contribution is 9.10. The summed E-state index contributed by atoms with van der Waals surface area (Å²) in [5.41, 5.74) is 7.06. The van der Waals surface area contributed by atoms with Crippen LogP contribution in [-0.4, -0.2) is 6.04 Å². The molecule has 0 heterocycles. The van der Waals surface area contributed by atoms with E-state index in [4.69, 9.17) is 22.1 Å². The molecule has 100 valence electrons. The van der Waals surface area contributed by atoms with Crippen molar-refractivity contribution in [1.29, 1.82) is 0 Å². The van der Waals surface area contributed by atoms with E-state index in [1.165, 1.54) is 0 Å². The largest absolute Gasteiger partial charge is 0.483 e. The smallest absolute Gasteiger partial charge is 0.139 e. The lowest BCUT2D eigenvalue weighted by Gasteiger charge is -2.23. The van der Waals surface area contributed by atoms with Gasteiger partial charge in [0.05, 0.1) is 5.02 Å². The first-order valence-electron chi connectivity index (χ1n) is 6.00. The molecule has 0 saturated carbocycles. The van der Waals surface area contributed by atoms with Crippen LogP contribution in [0, 0.1) is 0 Å². The van der Waals surface area contributed by atoms with Crippen molar-refractivity contribution in [3.63, 3.8) is 0 Å². The zero-order valence-electron chi connectivity index (χ0n) is 10.5. The lowest BCUT2D eigenvalue weighted by atomic mass is 10.0. The second-order valence-corrected chi connectivity index (χ2v) is 5.71. The van der Waals surface area contributed by atoms with Crippen LogP contribution in [0.15, 0.2) is 53.0 Å². The molecule has 0 saturated heterocycles. The van der Waals surface area contributed by atoms with Crippen molar-refractivity contribution < 1.29 is 4.74 Å². The van der Waals surface area contributed by atoms with Crippen LogP contribution in [0.2, 0.25) is 5.02 Å². The van der Waals surface area contributed by atoms with Crippen molar-refractivity contribution in [1.82, 2.24) is 0 Å². The van der Waals surface area contributed by atoms with Gasteiger partial charge in [-0.15, -0.1) is 0 Å². The predicted molar refractivity (Wildman–Crippen MR) is 82.6 cm³/mol. The molecule has 2 rings (SSSR count). The summed E-state index contributed by atoms with van der Waals surface area (Å²) < 4.78 is 6.89. The molecule has 0 fully saturated rings. The average molecular weight is 341 g/mol. The molecule has 2 aromatic carbocycles. The third kappa shape index (κ3) is 3.72. The Hall–Kier alpha value is -1.03. The zero-order valence-corrected chi connectivity index (χ0v) is 12.9. The second-order valence-electron chi connectivity index (χ2n) is 4.38. The Bertz CT molecular complexity index is 545. The summed E-state index contributed by atoms with van der Waals surface area (Å²) in [6.07, 6.45) is -0.222. The summed E-state index contributed by atoms with van der Waals surface area (Å²) in [7, 11) is 0. The van der Waals surface area contributed by atoms with Crippen LogP contribution in [0.3, 0.4) is 0 Å². The fourth-order valence-electron chi connectivity index (χ4n) is 1.83. The Labute approximate surface area is 126 Å². The predicted octanol–water partition coefficient (Wildman–Crippen LogP) is 4.57. The van der Waals surface area contributed by atoms with E-state index in [1.54, 1.807) is 6.07 Å². The third-order valence-electron chi connectivity index (χ3n) is 2.75. The molecule has 19 heavy (non-hydrogen) atoms. The van der Waals surface area contributed by atoms with Crippen molar-refractivity contribution in [3.05, 3.63) is 63.6 Å². The van der Waals surface area contributed by atoms with E-state index in [2.05, 4.69) is 15.9 Å². The molecule has 0 aliphatic carbocycles. The van der Waals surface area contributed by atoms with Crippen molar-refractivity contribution >= 4 is 27.5 Å². The third-order valence-corrected chi connectivity index (χ3v) is 3.54. The minimum Gasteiger partial charge on any atom is -0.483 e. The van der Waals surface area contributed by atoms with E-state index < -0.39 is 0 Å². The number of ether oxygens (including phenoxy) is 1. The van der Waals surface area contributed by atoms with Gasteiger partial charge in [0.15, 0.2) is 0 Å². The Balaban J connectivity index is 2.27. The molecule has 0 spiro atoms. The van der Waals surface area contributed by atoms with E-state index in [9.17, 15) is 0 Å². The van der Waals surface area contributed by atoms with Gasteiger partial charge in [-0.2, -0.15) is 0 Å². The minimum atomic E-state index is -0.222. The second kappa shape index (κ2) is 6.42. The van der Waals surface area contributed by atoms with Crippen molar-refractivity contribution in [2.45, 2.75) is 19.1 Å². The molecule has 2 atom stereocenters. The van der Waals surface area contributed by atoms with Gasteiger partial charge in [-0.3, -0.25) is 0 Å². The van der Waals surface area contributed by atoms with E-state index in [0.717, 1.165) is 10.0 Å². The maximum Gasteiger partial charge on any atom is 0.139 e. The van der Waals surface area contributed by atoms with E-state index >= 15 is 0 Å². The van der Waals surface area contributed by atoms with Crippen LogP contribution >= 0.6 is 27.5 Å². The van der Waals surface area contributed by atoms with Crippen LogP contribution in [0.5, 0.6) is 5.75 Å². The Kier molecular flexibility index (Phi) is 4.86. The molecule has 0 aliphatic rings. The molecule has 4 heteroatoms. The lowest BCUT2D eigenvalue weighted by molar-refractivity contribution is 0.180. The first kappa shape index (κ1) is 14.4. The Morgan fingerprint density at radius 1 is 1.16 bits per heavy atom. The summed E-state index contributed by atoms with van der Waals surface area (Å²) in [5, 5.41) is 0.566. The summed E-state index contributed by atoms with van der Waals surface area (Å²) >= 11 is 9.54. The van der Waals surface area contributed by atoms with E-state index in [0.29, 0.717) is 10.8 Å². The Morgan fingerprint density at radius 3 is 2.42 bits per heavy atom. The molecule has 2 N–H and O–H groups in total. The monoisotopic (exact) mass is 339 g/mol. The molecule has 2 nitrogen and oxygen atoms in total. The zero-order chi connectivity index (χ0) is 13.8. The van der Waals surface area contributed by atoms with Crippen LogP contribution in [0.4, 0.5) is 0 Å². The first-order valence-corrected chi connectivity index (χ1v) is 7.17. The summed E-state index contributed by atoms with van der Waals surface area (Å²) in [6.45, 7) is 1.92. The van der Waals surface area contributed by atoms with Crippen molar-refractivity contribution in [3.8, 4) is 5.75 Å². The van der Waals surface area contributed by atoms with Crippen LogP contribution in [-0.2, 0) is 0 Å². The van der Waals surface area contributed by atoms with Gasteiger partial charge in [-0.1, -0.05) is 57.9 Å². The molecule has 0 aromatic heterocycles. The summed E-state index contributed by atoms with van der Waals surface area (Å²) in [5.74, 6) is 0.635. The number of benzene rings is 2. The standard InChI is InChI=1S/C15H15BrClNO/c1-10(18)15(11-5-3-2-4-6-11)19-14-8-7-12(16)9-13(14)17/h2-10,15H,18H2,1H3. The normalized spacial score (nSPS) is 13.9.